The summed E-state index contributed by atoms with van der Waals surface area (Å²) in [5.74, 6) is 1.70. The zero-order chi connectivity index (χ0) is 11.3. The van der Waals surface area contributed by atoms with Gasteiger partial charge < -0.3 is 9.73 Å². The quantitative estimate of drug-likeness (QED) is 0.797. The van der Waals surface area contributed by atoms with Crippen molar-refractivity contribution in [2.24, 2.45) is 5.92 Å². The van der Waals surface area contributed by atoms with Crippen LogP contribution in [0.1, 0.15) is 44.9 Å². The summed E-state index contributed by atoms with van der Waals surface area (Å²) in [4.78, 5) is 0. The maximum atomic E-state index is 5.75. The number of halogens is 1. The molecule has 86 valence electrons. The summed E-state index contributed by atoms with van der Waals surface area (Å²) in [7, 11) is 1.95. The second-order valence-corrected chi connectivity index (χ2v) is 4.68. The van der Waals surface area contributed by atoms with Gasteiger partial charge in [-0.25, -0.2) is 0 Å². The van der Waals surface area contributed by atoms with Crippen LogP contribution in [-0.2, 0) is 0 Å². The van der Waals surface area contributed by atoms with Crippen LogP contribution in [0.5, 0.6) is 0 Å². The van der Waals surface area contributed by atoms with Gasteiger partial charge in [-0.15, -0.1) is 0 Å². The van der Waals surface area contributed by atoms with E-state index in [-0.39, 0.29) is 6.04 Å². The average molecular weight is 230 g/mol. The number of rotatable bonds is 6. The topological polar surface area (TPSA) is 25.2 Å². The normalized spacial score (nSPS) is 13.4. The lowest BCUT2D eigenvalue weighted by Crippen LogP contribution is -2.15. The highest BCUT2D eigenvalue weighted by Crippen LogP contribution is 2.24. The van der Waals surface area contributed by atoms with Crippen molar-refractivity contribution in [3.05, 3.63) is 23.1 Å². The number of furan rings is 1. The highest BCUT2D eigenvalue weighted by atomic mass is 35.5. The molecule has 1 aromatic heterocycles. The molecule has 0 fully saturated rings. The number of nitrogens with one attached hydrogen (secondary N) is 1. The molecule has 0 amide bonds. The molecule has 1 atom stereocenters. The predicted octanol–water partition coefficient (Wildman–Crippen LogP) is 4.02. The fraction of sp³-hybridized carbons (Fsp3) is 0.667. The third-order valence-electron chi connectivity index (χ3n) is 2.56. The van der Waals surface area contributed by atoms with Gasteiger partial charge in [0.2, 0.25) is 0 Å². The molecule has 0 aliphatic carbocycles. The highest BCUT2D eigenvalue weighted by Gasteiger charge is 2.12. The summed E-state index contributed by atoms with van der Waals surface area (Å²) in [6.45, 7) is 4.50. The average Bonchev–Trinajstić information content (AvgIpc) is 2.59. The molecule has 0 radical (unpaired) electrons. The zero-order valence-corrected chi connectivity index (χ0v) is 10.5. The van der Waals surface area contributed by atoms with E-state index in [0.29, 0.717) is 5.22 Å². The lowest BCUT2D eigenvalue weighted by molar-refractivity contribution is 0.394. The van der Waals surface area contributed by atoms with Crippen molar-refractivity contribution in [3.8, 4) is 0 Å². The molecule has 0 bridgehead atoms. The van der Waals surface area contributed by atoms with Gasteiger partial charge in [0.25, 0.3) is 0 Å². The van der Waals surface area contributed by atoms with Crippen molar-refractivity contribution in [3.63, 3.8) is 0 Å². The molecule has 1 aromatic rings. The van der Waals surface area contributed by atoms with Crippen molar-refractivity contribution in [1.29, 1.82) is 0 Å². The standard InChI is InChI=1S/C12H20ClNO/c1-9(2)5-4-6-10(14-3)11-7-8-12(13)15-11/h7-10,14H,4-6H2,1-3H3. The third-order valence-corrected chi connectivity index (χ3v) is 2.76. The van der Waals surface area contributed by atoms with Crippen molar-refractivity contribution in [2.75, 3.05) is 7.05 Å². The molecule has 0 aliphatic rings. The van der Waals surface area contributed by atoms with E-state index in [1.54, 1.807) is 6.07 Å². The van der Waals surface area contributed by atoms with Gasteiger partial charge in [-0.3, -0.25) is 0 Å². The first-order chi connectivity index (χ1) is 7.13. The van der Waals surface area contributed by atoms with Crippen LogP contribution in [-0.4, -0.2) is 7.05 Å². The maximum Gasteiger partial charge on any atom is 0.193 e. The number of hydrogen-bond acceptors (Lipinski definition) is 2. The zero-order valence-electron chi connectivity index (χ0n) is 9.72. The SMILES string of the molecule is CNC(CCCC(C)C)c1ccc(Cl)o1. The van der Waals surface area contributed by atoms with E-state index in [0.717, 1.165) is 18.1 Å². The fourth-order valence-electron chi connectivity index (χ4n) is 1.67. The Kier molecular flexibility index (Phi) is 5.20. The summed E-state index contributed by atoms with van der Waals surface area (Å²) in [6, 6.07) is 4.03. The van der Waals surface area contributed by atoms with Crippen LogP contribution < -0.4 is 5.32 Å². The first-order valence-corrected chi connectivity index (χ1v) is 5.93. The Labute approximate surface area is 97.0 Å². The Balaban J connectivity index is 2.42. The van der Waals surface area contributed by atoms with E-state index in [2.05, 4.69) is 19.2 Å². The van der Waals surface area contributed by atoms with Crippen molar-refractivity contribution >= 4 is 11.6 Å². The van der Waals surface area contributed by atoms with Gasteiger partial charge in [0, 0.05) is 0 Å². The van der Waals surface area contributed by atoms with E-state index < -0.39 is 0 Å². The minimum atomic E-state index is 0.288. The molecule has 15 heavy (non-hydrogen) atoms. The minimum absolute atomic E-state index is 0.288. The van der Waals surface area contributed by atoms with Gasteiger partial charge in [0.15, 0.2) is 5.22 Å². The van der Waals surface area contributed by atoms with Crippen LogP contribution in [0.4, 0.5) is 0 Å². The second kappa shape index (κ2) is 6.19. The van der Waals surface area contributed by atoms with Gasteiger partial charge in [0.1, 0.15) is 5.76 Å². The summed E-state index contributed by atoms with van der Waals surface area (Å²) in [5, 5.41) is 3.72. The highest BCUT2D eigenvalue weighted by molar-refractivity contribution is 6.28. The Hall–Kier alpha value is -0.470. The van der Waals surface area contributed by atoms with Crippen molar-refractivity contribution in [1.82, 2.24) is 5.32 Å². The molecule has 0 saturated carbocycles. The number of hydrogen-bond donors (Lipinski definition) is 1. The first kappa shape index (κ1) is 12.6. The summed E-state index contributed by atoms with van der Waals surface area (Å²) in [5.41, 5.74) is 0. The molecule has 1 N–H and O–H groups in total. The van der Waals surface area contributed by atoms with Crippen LogP contribution in [0.2, 0.25) is 5.22 Å². The van der Waals surface area contributed by atoms with E-state index in [1.807, 2.05) is 13.1 Å². The van der Waals surface area contributed by atoms with Gasteiger partial charge >= 0.3 is 0 Å². The smallest absolute Gasteiger partial charge is 0.193 e. The van der Waals surface area contributed by atoms with E-state index in [9.17, 15) is 0 Å². The lowest BCUT2D eigenvalue weighted by atomic mass is 10.0. The molecular formula is C12H20ClNO. The van der Waals surface area contributed by atoms with E-state index in [1.165, 1.54) is 12.8 Å². The molecular weight excluding hydrogens is 210 g/mol. The molecule has 1 rings (SSSR count). The van der Waals surface area contributed by atoms with Crippen LogP contribution in [0.15, 0.2) is 16.5 Å². The molecule has 3 heteroatoms. The predicted molar refractivity (Wildman–Crippen MR) is 64.2 cm³/mol. The molecule has 0 spiro atoms. The van der Waals surface area contributed by atoms with Gasteiger partial charge in [-0.1, -0.05) is 26.7 Å². The van der Waals surface area contributed by atoms with E-state index in [4.69, 9.17) is 16.0 Å². The van der Waals surface area contributed by atoms with E-state index >= 15 is 0 Å². The molecule has 1 heterocycles. The Morgan fingerprint density at radius 3 is 2.53 bits per heavy atom. The summed E-state index contributed by atoms with van der Waals surface area (Å²) >= 11 is 5.75. The molecule has 1 unspecified atom stereocenters. The Morgan fingerprint density at radius 2 is 2.07 bits per heavy atom. The van der Waals surface area contributed by atoms with Crippen molar-refractivity contribution in [2.45, 2.75) is 39.2 Å². The van der Waals surface area contributed by atoms with Crippen LogP contribution in [0.25, 0.3) is 0 Å². The second-order valence-electron chi connectivity index (χ2n) is 4.31. The lowest BCUT2D eigenvalue weighted by Gasteiger charge is -2.13. The van der Waals surface area contributed by atoms with Crippen LogP contribution >= 0.6 is 11.6 Å². The van der Waals surface area contributed by atoms with Crippen LogP contribution in [0.3, 0.4) is 0 Å². The van der Waals surface area contributed by atoms with Gasteiger partial charge in [0.05, 0.1) is 6.04 Å². The van der Waals surface area contributed by atoms with Crippen LogP contribution in [0, 0.1) is 5.92 Å². The van der Waals surface area contributed by atoms with Gasteiger partial charge in [-0.05, 0) is 43.1 Å². The third kappa shape index (κ3) is 4.27. The molecule has 0 saturated heterocycles. The molecule has 0 aromatic carbocycles. The van der Waals surface area contributed by atoms with Crippen molar-refractivity contribution < 1.29 is 4.42 Å². The van der Waals surface area contributed by atoms with Gasteiger partial charge in [-0.2, -0.15) is 0 Å². The molecule has 0 aliphatic heterocycles. The largest absolute Gasteiger partial charge is 0.448 e. The first-order valence-electron chi connectivity index (χ1n) is 5.56. The summed E-state index contributed by atoms with van der Waals surface area (Å²) < 4.78 is 5.40. The molecule has 2 nitrogen and oxygen atoms in total. The summed E-state index contributed by atoms with van der Waals surface area (Å²) in [6.07, 6.45) is 3.56. The monoisotopic (exact) mass is 229 g/mol. The fourth-order valence-corrected chi connectivity index (χ4v) is 1.83. The minimum Gasteiger partial charge on any atom is -0.448 e. The maximum absolute atomic E-state index is 5.75. The Morgan fingerprint density at radius 1 is 1.33 bits per heavy atom. The Bertz CT molecular complexity index is 283.